The standard InChI is InChI=1S/C21H36O.C2H6.CH4/c1-6-8-9-17(7-2)14-22-15-19-13-20(21(19,4)5)18-11-10-16(3)12-18;1-2;/h10-11,17,19-20H,6-9,12-15H2,1-5H3;1-2H3;1H4. The molecular weight excluding hydrogens is 304 g/mol. The second kappa shape index (κ2) is 11.9. The Morgan fingerprint density at radius 2 is 1.88 bits per heavy atom. The van der Waals surface area contributed by atoms with Crippen molar-refractivity contribution in [1.82, 2.24) is 0 Å². The minimum absolute atomic E-state index is 0. The number of hydrogen-bond acceptors (Lipinski definition) is 1. The number of rotatable bonds is 9. The molecule has 1 fully saturated rings. The summed E-state index contributed by atoms with van der Waals surface area (Å²) in [6.45, 7) is 17.6. The number of unbranched alkanes of at least 4 members (excludes halogenated alkanes) is 1. The predicted molar refractivity (Wildman–Crippen MR) is 114 cm³/mol. The predicted octanol–water partition coefficient (Wildman–Crippen LogP) is 7.82. The molecular formula is C24H46O. The second-order valence-electron chi connectivity index (χ2n) is 8.19. The van der Waals surface area contributed by atoms with E-state index in [1.165, 1.54) is 44.1 Å². The third-order valence-electron chi connectivity index (χ3n) is 6.20. The van der Waals surface area contributed by atoms with Crippen molar-refractivity contribution in [3.05, 3.63) is 23.3 Å². The van der Waals surface area contributed by atoms with Crippen LogP contribution in [0.2, 0.25) is 0 Å². The first-order valence-electron chi connectivity index (χ1n) is 10.4. The van der Waals surface area contributed by atoms with E-state index in [0.717, 1.165) is 31.0 Å². The van der Waals surface area contributed by atoms with Crippen LogP contribution in [0.15, 0.2) is 23.3 Å². The molecule has 0 aromatic rings. The highest BCUT2D eigenvalue weighted by Gasteiger charge is 2.49. The maximum absolute atomic E-state index is 6.12. The van der Waals surface area contributed by atoms with Crippen molar-refractivity contribution in [1.29, 1.82) is 0 Å². The molecule has 0 radical (unpaired) electrons. The Morgan fingerprint density at radius 1 is 1.20 bits per heavy atom. The Kier molecular flexibility index (Phi) is 11.7. The van der Waals surface area contributed by atoms with Gasteiger partial charge < -0.3 is 4.74 Å². The van der Waals surface area contributed by atoms with Gasteiger partial charge in [0.15, 0.2) is 0 Å². The highest BCUT2D eigenvalue weighted by molar-refractivity contribution is 5.33. The fourth-order valence-electron chi connectivity index (χ4n) is 4.13. The van der Waals surface area contributed by atoms with Crippen LogP contribution in [0.5, 0.6) is 0 Å². The molecule has 3 unspecified atom stereocenters. The molecule has 0 saturated heterocycles. The summed E-state index contributed by atoms with van der Waals surface area (Å²) in [4.78, 5) is 0. The van der Waals surface area contributed by atoms with Crippen LogP contribution in [0, 0.1) is 23.2 Å². The van der Waals surface area contributed by atoms with E-state index in [9.17, 15) is 0 Å². The lowest BCUT2D eigenvalue weighted by molar-refractivity contribution is -0.0625. The van der Waals surface area contributed by atoms with E-state index in [0.29, 0.717) is 5.41 Å². The molecule has 0 spiro atoms. The molecule has 0 aromatic heterocycles. The van der Waals surface area contributed by atoms with E-state index >= 15 is 0 Å². The van der Waals surface area contributed by atoms with Crippen LogP contribution in [0.1, 0.15) is 94.4 Å². The highest BCUT2D eigenvalue weighted by atomic mass is 16.5. The fraction of sp³-hybridized carbons (Fsp3) is 0.833. The van der Waals surface area contributed by atoms with E-state index in [2.05, 4.69) is 46.8 Å². The van der Waals surface area contributed by atoms with Crippen LogP contribution in [0.25, 0.3) is 0 Å². The third kappa shape index (κ3) is 6.59. The molecule has 0 N–H and O–H groups in total. The van der Waals surface area contributed by atoms with Crippen molar-refractivity contribution >= 4 is 0 Å². The second-order valence-corrected chi connectivity index (χ2v) is 8.19. The van der Waals surface area contributed by atoms with Crippen molar-refractivity contribution in [3.63, 3.8) is 0 Å². The first-order chi connectivity index (χ1) is 11.5. The Bertz CT molecular complexity index is 416. The Labute approximate surface area is 159 Å². The molecule has 1 heteroatoms. The summed E-state index contributed by atoms with van der Waals surface area (Å²) >= 11 is 0. The summed E-state index contributed by atoms with van der Waals surface area (Å²) in [5.41, 5.74) is 3.59. The van der Waals surface area contributed by atoms with Gasteiger partial charge in [-0.3, -0.25) is 0 Å². The van der Waals surface area contributed by atoms with Gasteiger partial charge >= 0.3 is 0 Å². The smallest absolute Gasteiger partial charge is 0.0499 e. The van der Waals surface area contributed by atoms with Crippen molar-refractivity contribution in [2.75, 3.05) is 13.2 Å². The average molecular weight is 351 g/mol. The van der Waals surface area contributed by atoms with Gasteiger partial charge in [-0.25, -0.2) is 0 Å². The maximum Gasteiger partial charge on any atom is 0.0499 e. The molecule has 0 aliphatic heterocycles. The highest BCUT2D eigenvalue weighted by Crippen LogP contribution is 2.56. The Hall–Kier alpha value is -0.560. The molecule has 2 rings (SSSR count). The number of hydrogen-bond donors (Lipinski definition) is 0. The van der Waals surface area contributed by atoms with E-state index in [-0.39, 0.29) is 7.43 Å². The minimum Gasteiger partial charge on any atom is -0.381 e. The summed E-state index contributed by atoms with van der Waals surface area (Å²) in [6.07, 6.45) is 12.4. The molecule has 2 aliphatic rings. The summed E-state index contributed by atoms with van der Waals surface area (Å²) in [6, 6.07) is 0. The quantitative estimate of drug-likeness (QED) is 0.412. The first-order valence-corrected chi connectivity index (χ1v) is 10.4. The average Bonchev–Trinajstić information content (AvgIpc) is 3.00. The maximum atomic E-state index is 6.12. The van der Waals surface area contributed by atoms with Crippen molar-refractivity contribution < 1.29 is 4.74 Å². The van der Waals surface area contributed by atoms with E-state index < -0.39 is 0 Å². The molecule has 25 heavy (non-hydrogen) atoms. The van der Waals surface area contributed by atoms with Crippen molar-refractivity contribution in [2.45, 2.75) is 94.4 Å². The van der Waals surface area contributed by atoms with Gasteiger partial charge in [0, 0.05) is 13.2 Å². The van der Waals surface area contributed by atoms with Crippen LogP contribution < -0.4 is 0 Å². The molecule has 2 aliphatic carbocycles. The summed E-state index contributed by atoms with van der Waals surface area (Å²) < 4.78 is 6.12. The summed E-state index contributed by atoms with van der Waals surface area (Å²) in [5.74, 6) is 2.28. The zero-order valence-electron chi connectivity index (χ0n) is 17.5. The van der Waals surface area contributed by atoms with Crippen LogP contribution >= 0.6 is 0 Å². The van der Waals surface area contributed by atoms with Crippen LogP contribution in [-0.4, -0.2) is 13.2 Å². The SMILES string of the molecule is C.CC.CCCCC(CC)COCC1CC(C2=CC=C(C)C2)C1(C)C. The van der Waals surface area contributed by atoms with E-state index in [1.807, 2.05) is 13.8 Å². The zero-order valence-corrected chi connectivity index (χ0v) is 17.5. The van der Waals surface area contributed by atoms with Gasteiger partial charge in [-0.2, -0.15) is 0 Å². The van der Waals surface area contributed by atoms with Gasteiger partial charge in [-0.05, 0) is 49.4 Å². The first kappa shape index (κ1) is 24.4. The van der Waals surface area contributed by atoms with Crippen molar-refractivity contribution in [2.24, 2.45) is 23.2 Å². The normalized spacial score (nSPS) is 24.9. The van der Waals surface area contributed by atoms with Crippen LogP contribution in [0.3, 0.4) is 0 Å². The van der Waals surface area contributed by atoms with Crippen LogP contribution in [-0.2, 0) is 4.74 Å². The van der Waals surface area contributed by atoms with Gasteiger partial charge in [0.05, 0.1) is 0 Å². The molecule has 148 valence electrons. The Morgan fingerprint density at radius 3 is 2.36 bits per heavy atom. The summed E-state index contributed by atoms with van der Waals surface area (Å²) in [5, 5.41) is 0. The minimum atomic E-state index is 0. The Balaban J connectivity index is 0.00000185. The lowest BCUT2D eigenvalue weighted by Crippen LogP contribution is -2.47. The monoisotopic (exact) mass is 350 g/mol. The van der Waals surface area contributed by atoms with Gasteiger partial charge in [-0.1, -0.05) is 91.5 Å². The van der Waals surface area contributed by atoms with Crippen LogP contribution in [0.4, 0.5) is 0 Å². The molecule has 0 aromatic carbocycles. The van der Waals surface area contributed by atoms with Gasteiger partial charge in [0.2, 0.25) is 0 Å². The molecule has 1 nitrogen and oxygen atoms in total. The number of ether oxygens (including phenoxy) is 1. The van der Waals surface area contributed by atoms with Crippen molar-refractivity contribution in [3.8, 4) is 0 Å². The molecule has 0 heterocycles. The zero-order chi connectivity index (χ0) is 18.2. The largest absolute Gasteiger partial charge is 0.381 e. The van der Waals surface area contributed by atoms with E-state index in [1.54, 1.807) is 5.57 Å². The topological polar surface area (TPSA) is 9.23 Å². The van der Waals surface area contributed by atoms with Gasteiger partial charge in [-0.15, -0.1) is 0 Å². The fourth-order valence-corrected chi connectivity index (χ4v) is 4.13. The molecule has 1 saturated carbocycles. The number of allylic oxidation sites excluding steroid dienone is 4. The molecule has 0 bridgehead atoms. The molecule has 0 amide bonds. The third-order valence-corrected chi connectivity index (χ3v) is 6.20. The van der Waals surface area contributed by atoms with E-state index in [4.69, 9.17) is 4.74 Å². The molecule has 3 atom stereocenters. The summed E-state index contributed by atoms with van der Waals surface area (Å²) in [7, 11) is 0. The lowest BCUT2D eigenvalue weighted by atomic mass is 9.52. The lowest BCUT2D eigenvalue weighted by Gasteiger charge is -2.53. The van der Waals surface area contributed by atoms with Gasteiger partial charge in [0.25, 0.3) is 0 Å². The van der Waals surface area contributed by atoms with Gasteiger partial charge in [0.1, 0.15) is 0 Å².